The number of hydrogen-bond acceptors (Lipinski definition) is 12. The van der Waals surface area contributed by atoms with E-state index < -0.39 is 121 Å². The summed E-state index contributed by atoms with van der Waals surface area (Å²) >= 11 is 0. The average Bonchev–Trinajstić information content (AvgIpc) is 3.17. The molecule has 8 unspecified atom stereocenters. The molecule has 0 rings (SSSR count). The fourth-order valence-corrected chi connectivity index (χ4v) is 6.17. The number of carboxylic acids is 1. The fourth-order valence-electron chi connectivity index (χ4n) is 6.17. The number of hydrogen-bond donors (Lipinski definition) is 14. The number of carbonyl (C=O) groups is 8. The van der Waals surface area contributed by atoms with Gasteiger partial charge in [-0.3, -0.25) is 43.8 Å². The maximum atomic E-state index is 13.6. The van der Waals surface area contributed by atoms with Gasteiger partial charge in [0.1, 0.15) is 36.3 Å². The second-order valence-electron chi connectivity index (χ2n) is 16.3. The Bertz CT molecular complexity index is 1460. The summed E-state index contributed by atoms with van der Waals surface area (Å²) in [6, 6.07) is -8.89. The highest BCUT2D eigenvalue weighted by Crippen LogP contribution is 2.14. The van der Waals surface area contributed by atoms with Gasteiger partial charge >= 0.3 is 5.97 Å². The summed E-state index contributed by atoms with van der Waals surface area (Å²) in [7, 11) is 0. The molecule has 0 aromatic carbocycles. The van der Waals surface area contributed by atoms with E-state index in [9.17, 15) is 53.7 Å². The first-order valence-corrected chi connectivity index (χ1v) is 21.4. The van der Waals surface area contributed by atoms with Crippen LogP contribution >= 0.6 is 0 Å². The zero-order valence-corrected chi connectivity index (χ0v) is 37.1. The van der Waals surface area contributed by atoms with E-state index in [2.05, 4.69) is 37.2 Å². The van der Waals surface area contributed by atoms with Crippen LogP contribution in [0, 0.1) is 17.2 Å². The summed E-state index contributed by atoms with van der Waals surface area (Å²) in [5.74, 6) is -9.20. The summed E-state index contributed by atoms with van der Waals surface area (Å²) in [6.07, 6.45) is 7.21. The molecular formula is C40H74N10O12. The molecule has 22 heteroatoms. The fraction of sp³-hybridized carbons (Fsp3) is 0.775. The minimum Gasteiger partial charge on any atom is -0.480 e. The minimum absolute atomic E-state index is 0.00980. The van der Waals surface area contributed by atoms with Crippen LogP contribution < -0.4 is 48.7 Å². The molecule has 0 saturated heterocycles. The summed E-state index contributed by atoms with van der Waals surface area (Å²) in [5, 5.41) is 63.8. The van der Waals surface area contributed by atoms with Crippen molar-refractivity contribution in [2.75, 3.05) is 13.2 Å². The molecule has 0 aliphatic heterocycles. The molecule has 0 heterocycles. The highest BCUT2D eigenvalue weighted by atomic mass is 16.4. The number of primary amides is 1. The Kier molecular flexibility index (Phi) is 28.3. The van der Waals surface area contributed by atoms with Crippen LogP contribution in [0.4, 0.5) is 0 Å². The van der Waals surface area contributed by atoms with Gasteiger partial charge in [0.15, 0.2) is 5.96 Å². The summed E-state index contributed by atoms with van der Waals surface area (Å²) < 4.78 is 0. The van der Waals surface area contributed by atoms with Crippen LogP contribution in [-0.4, -0.2) is 135 Å². The van der Waals surface area contributed by atoms with E-state index in [1.165, 1.54) is 6.92 Å². The van der Waals surface area contributed by atoms with Gasteiger partial charge in [-0.25, -0.2) is 0 Å². The largest absolute Gasteiger partial charge is 0.480 e. The van der Waals surface area contributed by atoms with Crippen LogP contribution in [0.15, 0.2) is 0 Å². The van der Waals surface area contributed by atoms with Gasteiger partial charge in [0, 0.05) is 6.54 Å². The molecule has 0 bridgehead atoms. The molecule has 8 atom stereocenters. The molecule has 356 valence electrons. The molecule has 0 saturated carbocycles. The topological polar surface area (TPSA) is 378 Å². The van der Waals surface area contributed by atoms with Crippen molar-refractivity contribution in [1.29, 1.82) is 5.41 Å². The first-order chi connectivity index (χ1) is 29.0. The average molecular weight is 887 g/mol. The van der Waals surface area contributed by atoms with Crippen LogP contribution in [0.3, 0.4) is 0 Å². The molecule has 62 heavy (non-hydrogen) atoms. The Morgan fingerprint density at radius 3 is 1.42 bits per heavy atom. The van der Waals surface area contributed by atoms with Crippen molar-refractivity contribution in [2.45, 2.75) is 173 Å². The number of unbranched alkanes of at least 4 members (excludes halogenated alkanes) is 9. The second-order valence-corrected chi connectivity index (χ2v) is 16.3. The highest BCUT2D eigenvalue weighted by molar-refractivity contribution is 5.98. The van der Waals surface area contributed by atoms with Crippen molar-refractivity contribution in [3.63, 3.8) is 0 Å². The lowest BCUT2D eigenvalue weighted by atomic mass is 9.98. The second kappa shape index (κ2) is 30.9. The standard InChI is InChI=1S/C40H74N10O12/c1-22(2)31(36(58)47-28(21-51)35(57)46-27(20-29(41)54)34(56)45-24(5)39(61)62)49-37(59)32(23(3)4)50-38(60)33(25(6)52)48-30(55)19-26(53)17-15-13-11-9-7-8-10-12-14-16-18-44-40(42)43/h22-28,31-33,51-53H,7-21H2,1-6H3,(H2,41,54)(H,45,56)(H,46,57)(H,47,58)(H,48,55)(H,49,59)(H,50,60)(H,61,62)(H4,42,43,44). The van der Waals surface area contributed by atoms with E-state index in [1.807, 2.05) is 0 Å². The molecule has 0 radical (unpaired) electrons. The molecule has 22 nitrogen and oxygen atoms in total. The number of guanidine groups is 1. The Balaban J connectivity index is 5.27. The smallest absolute Gasteiger partial charge is 0.325 e. The SMILES string of the molecule is CC(NC(=O)C(CC(N)=O)NC(=O)C(CO)NC(=O)C(NC(=O)C(NC(=O)C(NC(=O)CC(O)CCCCCCCCCCCCNC(=N)N)C(C)O)C(C)C)C(C)C)C(=O)O. The first-order valence-electron chi connectivity index (χ1n) is 21.4. The first kappa shape index (κ1) is 56.9. The zero-order valence-electron chi connectivity index (χ0n) is 37.1. The lowest BCUT2D eigenvalue weighted by molar-refractivity contribution is -0.142. The molecule has 0 aromatic rings. The van der Waals surface area contributed by atoms with E-state index in [-0.39, 0.29) is 12.4 Å². The zero-order chi connectivity index (χ0) is 47.5. The van der Waals surface area contributed by atoms with E-state index >= 15 is 0 Å². The number of nitrogens with two attached hydrogens (primary N) is 2. The van der Waals surface area contributed by atoms with Crippen molar-refractivity contribution in [3.05, 3.63) is 0 Å². The predicted octanol–water partition coefficient (Wildman–Crippen LogP) is -1.91. The number of aliphatic carboxylic acids is 1. The molecule has 16 N–H and O–H groups in total. The maximum Gasteiger partial charge on any atom is 0.325 e. The van der Waals surface area contributed by atoms with Crippen LogP contribution in [0.25, 0.3) is 0 Å². The van der Waals surface area contributed by atoms with Crippen molar-refractivity contribution in [3.8, 4) is 0 Å². The van der Waals surface area contributed by atoms with Crippen LogP contribution in [0.5, 0.6) is 0 Å². The van der Waals surface area contributed by atoms with Gasteiger partial charge in [-0.15, -0.1) is 0 Å². The monoisotopic (exact) mass is 887 g/mol. The Morgan fingerprint density at radius 1 is 0.548 bits per heavy atom. The predicted molar refractivity (Wildman–Crippen MR) is 228 cm³/mol. The summed E-state index contributed by atoms with van der Waals surface area (Å²) in [5.41, 5.74) is 10.4. The molecule has 7 amide bonds. The summed E-state index contributed by atoms with van der Waals surface area (Å²) in [6.45, 7) is 8.46. The Hall–Kier alpha value is -5.09. The van der Waals surface area contributed by atoms with Gasteiger partial charge in [-0.1, -0.05) is 85.5 Å². The number of aliphatic hydroxyl groups excluding tert-OH is 3. The Morgan fingerprint density at radius 2 is 0.984 bits per heavy atom. The van der Waals surface area contributed by atoms with E-state index in [4.69, 9.17) is 22.0 Å². The van der Waals surface area contributed by atoms with Gasteiger partial charge in [0.05, 0.1) is 31.7 Å². The van der Waals surface area contributed by atoms with E-state index in [0.29, 0.717) is 19.4 Å². The van der Waals surface area contributed by atoms with Crippen LogP contribution in [0.1, 0.15) is 125 Å². The third kappa shape index (κ3) is 24.4. The molecule has 0 spiro atoms. The third-order valence-electron chi connectivity index (χ3n) is 9.86. The van der Waals surface area contributed by atoms with Gasteiger partial charge in [0.2, 0.25) is 41.4 Å². The number of amides is 7. The quantitative estimate of drug-likeness (QED) is 0.0194. The lowest BCUT2D eigenvalue weighted by Gasteiger charge is -2.30. The van der Waals surface area contributed by atoms with Gasteiger partial charge in [-0.05, 0) is 38.5 Å². The number of nitrogens with one attached hydrogen (secondary N) is 8. The number of rotatable bonds is 33. The van der Waals surface area contributed by atoms with Crippen molar-refractivity contribution >= 4 is 53.3 Å². The van der Waals surface area contributed by atoms with Crippen molar-refractivity contribution < 1.29 is 58.8 Å². The number of carboxylic acid groups (broad SMARTS) is 1. The Labute approximate surface area is 364 Å². The summed E-state index contributed by atoms with van der Waals surface area (Å²) in [4.78, 5) is 102. The normalized spacial score (nSPS) is 15.1. The molecule has 0 aliphatic carbocycles. The molecule has 0 aromatic heterocycles. The van der Waals surface area contributed by atoms with E-state index in [1.54, 1.807) is 27.7 Å². The van der Waals surface area contributed by atoms with Gasteiger partial charge < -0.3 is 69.1 Å². The van der Waals surface area contributed by atoms with Crippen molar-refractivity contribution in [1.82, 2.24) is 37.2 Å². The van der Waals surface area contributed by atoms with Crippen LogP contribution in [-0.2, 0) is 38.4 Å². The highest BCUT2D eigenvalue weighted by Gasteiger charge is 2.36. The van der Waals surface area contributed by atoms with Crippen LogP contribution in [0.2, 0.25) is 0 Å². The van der Waals surface area contributed by atoms with E-state index in [0.717, 1.165) is 64.7 Å². The molecular weight excluding hydrogens is 812 g/mol. The number of aliphatic hydroxyl groups is 3. The van der Waals surface area contributed by atoms with Crippen molar-refractivity contribution in [2.24, 2.45) is 23.3 Å². The lowest BCUT2D eigenvalue weighted by Crippen LogP contribution is -2.62. The third-order valence-corrected chi connectivity index (χ3v) is 9.86. The van der Waals surface area contributed by atoms with Gasteiger partial charge in [0.25, 0.3) is 0 Å². The molecule has 0 aliphatic rings. The minimum atomic E-state index is -1.71. The number of carbonyl (C=O) groups excluding carboxylic acids is 7. The van der Waals surface area contributed by atoms with Gasteiger partial charge in [-0.2, -0.15) is 0 Å². The maximum absolute atomic E-state index is 13.6. The molecule has 0 fully saturated rings.